The highest BCUT2D eigenvalue weighted by Gasteiger charge is 2.83. The van der Waals surface area contributed by atoms with E-state index < -0.39 is 28.7 Å². The Kier molecular flexibility index (Phi) is 4.73. The zero-order valence-electron chi connectivity index (χ0n) is 22.2. The second-order valence-corrected chi connectivity index (χ2v) is 12.8. The number of para-hydroxylation sites is 1. The van der Waals surface area contributed by atoms with Crippen LogP contribution in [0.4, 0.5) is 5.69 Å². The second-order valence-electron chi connectivity index (χ2n) is 12.8. The number of nitrogens with one attached hydrogen (secondary N) is 1. The van der Waals surface area contributed by atoms with Crippen LogP contribution in [0.2, 0.25) is 0 Å². The Morgan fingerprint density at radius 1 is 1.10 bits per heavy atom. The molecule has 4 bridgehead atoms. The van der Waals surface area contributed by atoms with Crippen molar-refractivity contribution in [3.05, 3.63) is 53.6 Å². The fraction of sp³-hybridized carbons (Fsp3) is 0.548. The Bertz CT molecular complexity index is 1390. The maximum atomic E-state index is 13.8. The van der Waals surface area contributed by atoms with Gasteiger partial charge in [-0.25, -0.2) is 0 Å². The number of nitrogens with zero attached hydrogens (tertiary/aromatic N) is 2. The number of hydrogen-bond donors (Lipinski definition) is 3. The topological polar surface area (TPSA) is 102 Å². The number of benzene rings is 2. The number of ether oxygens (including phenoxy) is 1. The molecule has 9 rings (SSSR count). The Morgan fingerprint density at radius 2 is 1.90 bits per heavy atom. The van der Waals surface area contributed by atoms with E-state index in [-0.39, 0.29) is 30.0 Å². The number of carbonyl (C=O) groups is 2. The Hall–Kier alpha value is -3.10. The molecule has 7 aliphatic rings. The Balaban J connectivity index is 1.29. The number of fused-ring (bicyclic) bond motifs is 2. The fourth-order valence-electron chi connectivity index (χ4n) is 9.55. The van der Waals surface area contributed by atoms with Gasteiger partial charge in [0.2, 0.25) is 11.8 Å². The minimum Gasteiger partial charge on any atom is -0.504 e. The van der Waals surface area contributed by atoms with Crippen LogP contribution in [0.15, 0.2) is 42.5 Å². The van der Waals surface area contributed by atoms with Crippen LogP contribution in [0.3, 0.4) is 0 Å². The van der Waals surface area contributed by atoms with Gasteiger partial charge in [0.1, 0.15) is 11.7 Å². The van der Waals surface area contributed by atoms with E-state index in [1.807, 2.05) is 41.3 Å². The molecular weight excluding hydrogens is 494 g/mol. The van der Waals surface area contributed by atoms with Crippen molar-refractivity contribution in [2.24, 2.45) is 5.92 Å². The summed E-state index contributed by atoms with van der Waals surface area (Å²) in [6.07, 6.45) is 4.46. The van der Waals surface area contributed by atoms with Gasteiger partial charge < -0.3 is 25.2 Å². The standard InChI is InChI=1S/C31H35N3O5/c1-18(35)34-23(16-25(37)32-21-5-3-2-4-6-21)30(38)11-12-31(34)24-15-20-9-10-22(36)27-26(20)29(31,28(30)39-27)13-14-33(24)17-19-7-8-19/h2-6,9-10,19,23-24,28,36,38H,7-8,11-17H2,1H3,(H,32,37)/t23-,24-,28-,29-,30-,31-/m1/s1. The number of aromatic hydroxyl groups is 1. The van der Waals surface area contributed by atoms with E-state index in [2.05, 4.69) is 10.2 Å². The van der Waals surface area contributed by atoms with Gasteiger partial charge in [0.05, 0.1) is 23.4 Å². The molecule has 0 unspecified atom stereocenters. The third-order valence-corrected chi connectivity index (χ3v) is 11.0. The molecule has 0 radical (unpaired) electrons. The first-order valence-electron chi connectivity index (χ1n) is 14.4. The van der Waals surface area contributed by atoms with Crippen molar-refractivity contribution in [1.82, 2.24) is 9.80 Å². The lowest BCUT2D eigenvalue weighted by Crippen LogP contribution is -2.92. The smallest absolute Gasteiger partial charge is 0.226 e. The number of piperidine rings is 3. The van der Waals surface area contributed by atoms with Crippen LogP contribution >= 0.6 is 0 Å². The van der Waals surface area contributed by atoms with Crippen molar-refractivity contribution in [2.75, 3.05) is 18.4 Å². The van der Waals surface area contributed by atoms with Gasteiger partial charge in [0.25, 0.3) is 0 Å². The van der Waals surface area contributed by atoms with Crippen LogP contribution in [0.1, 0.15) is 56.6 Å². The largest absolute Gasteiger partial charge is 0.504 e. The van der Waals surface area contributed by atoms with Gasteiger partial charge in [0.15, 0.2) is 11.5 Å². The third kappa shape index (κ3) is 2.86. The molecule has 8 heteroatoms. The van der Waals surface area contributed by atoms with Crippen LogP contribution in [0, 0.1) is 5.92 Å². The second kappa shape index (κ2) is 7.76. The lowest BCUT2D eigenvalue weighted by Gasteiger charge is -2.76. The summed E-state index contributed by atoms with van der Waals surface area (Å²) >= 11 is 0. The van der Waals surface area contributed by atoms with E-state index >= 15 is 0 Å². The summed E-state index contributed by atoms with van der Waals surface area (Å²) in [5, 5.41) is 26.5. The zero-order valence-corrected chi connectivity index (χ0v) is 22.2. The highest BCUT2D eigenvalue weighted by molar-refractivity contribution is 5.92. The molecule has 0 aromatic heterocycles. The predicted octanol–water partition coefficient (Wildman–Crippen LogP) is 2.95. The number of anilines is 1. The quantitative estimate of drug-likeness (QED) is 0.551. The molecule has 2 spiro atoms. The van der Waals surface area contributed by atoms with E-state index in [1.54, 1.807) is 13.0 Å². The maximum absolute atomic E-state index is 13.8. The van der Waals surface area contributed by atoms with Crippen molar-refractivity contribution < 1.29 is 24.5 Å². The van der Waals surface area contributed by atoms with Crippen LogP contribution in [-0.2, 0) is 21.4 Å². The SMILES string of the molecule is CC(=O)N1[C@H](CC(=O)Nc2ccccc2)[C@]2(O)CC[C@]13[C@H]1Cc4ccc(O)c5c4[C@]3(CCN1CC1CC1)[C@H]2O5. The van der Waals surface area contributed by atoms with Crippen molar-refractivity contribution in [2.45, 2.75) is 86.6 Å². The monoisotopic (exact) mass is 529 g/mol. The zero-order chi connectivity index (χ0) is 26.7. The summed E-state index contributed by atoms with van der Waals surface area (Å²) in [5.74, 6) is 0.902. The Morgan fingerprint density at radius 3 is 2.64 bits per heavy atom. The minimum atomic E-state index is -1.43. The summed E-state index contributed by atoms with van der Waals surface area (Å²) in [6, 6.07) is 12.3. The van der Waals surface area contributed by atoms with E-state index in [0.717, 1.165) is 37.1 Å². The van der Waals surface area contributed by atoms with Crippen LogP contribution in [0.25, 0.3) is 0 Å². The molecule has 5 fully saturated rings. The van der Waals surface area contributed by atoms with Gasteiger partial charge >= 0.3 is 0 Å². The number of phenols is 1. The van der Waals surface area contributed by atoms with Crippen molar-refractivity contribution in [1.29, 1.82) is 0 Å². The molecule has 2 amide bonds. The highest BCUT2D eigenvalue weighted by Crippen LogP contribution is 2.72. The molecule has 2 saturated carbocycles. The van der Waals surface area contributed by atoms with Crippen LogP contribution < -0.4 is 10.1 Å². The summed E-state index contributed by atoms with van der Waals surface area (Å²) < 4.78 is 6.64. The number of hydrogen-bond acceptors (Lipinski definition) is 6. The summed E-state index contributed by atoms with van der Waals surface area (Å²) in [7, 11) is 0. The van der Waals surface area contributed by atoms with E-state index in [1.165, 1.54) is 12.8 Å². The lowest BCUT2D eigenvalue weighted by atomic mass is 9.40. The molecule has 4 heterocycles. The summed E-state index contributed by atoms with van der Waals surface area (Å²) in [4.78, 5) is 31.7. The predicted molar refractivity (Wildman–Crippen MR) is 144 cm³/mol. The van der Waals surface area contributed by atoms with Gasteiger partial charge in [-0.15, -0.1) is 0 Å². The molecule has 2 aromatic rings. The first-order chi connectivity index (χ1) is 18.8. The summed E-state index contributed by atoms with van der Waals surface area (Å²) in [6.45, 7) is 3.48. The van der Waals surface area contributed by atoms with E-state index in [4.69, 9.17) is 4.74 Å². The number of aliphatic hydroxyl groups is 1. The first kappa shape index (κ1) is 23.8. The Labute approximate surface area is 227 Å². The van der Waals surface area contributed by atoms with Gasteiger partial charge in [0, 0.05) is 30.8 Å². The molecule has 3 saturated heterocycles. The first-order valence-corrected chi connectivity index (χ1v) is 14.4. The molecule has 6 atom stereocenters. The van der Waals surface area contributed by atoms with Gasteiger partial charge in [-0.3, -0.25) is 14.5 Å². The van der Waals surface area contributed by atoms with Gasteiger partial charge in [-0.2, -0.15) is 0 Å². The minimum absolute atomic E-state index is 0.0206. The average molecular weight is 530 g/mol. The number of carbonyl (C=O) groups excluding carboxylic acids is 2. The van der Waals surface area contributed by atoms with E-state index in [0.29, 0.717) is 30.2 Å². The van der Waals surface area contributed by atoms with Crippen molar-refractivity contribution in [3.8, 4) is 11.5 Å². The lowest BCUT2D eigenvalue weighted by molar-refractivity contribution is -0.284. The molecule has 39 heavy (non-hydrogen) atoms. The number of likely N-dealkylation sites (tertiary alicyclic amines) is 1. The van der Waals surface area contributed by atoms with Crippen molar-refractivity contribution in [3.63, 3.8) is 0 Å². The normalized spacial score (nSPS) is 37.3. The summed E-state index contributed by atoms with van der Waals surface area (Å²) in [5.41, 5.74) is 0.162. The van der Waals surface area contributed by atoms with Gasteiger partial charge in [-0.1, -0.05) is 24.3 Å². The maximum Gasteiger partial charge on any atom is 0.226 e. The third-order valence-electron chi connectivity index (χ3n) is 11.0. The van der Waals surface area contributed by atoms with E-state index in [9.17, 15) is 19.8 Å². The van der Waals surface area contributed by atoms with Crippen LogP contribution in [-0.4, -0.2) is 74.2 Å². The fourth-order valence-corrected chi connectivity index (χ4v) is 9.55. The molecule has 4 aliphatic heterocycles. The number of amides is 2. The average Bonchev–Trinajstić information content (AvgIpc) is 3.65. The molecule has 204 valence electrons. The number of rotatable bonds is 5. The molecular formula is C31H35N3O5. The molecule has 8 nitrogen and oxygen atoms in total. The molecule has 3 N–H and O–H groups in total. The highest BCUT2D eigenvalue weighted by atomic mass is 16.5. The number of phenolic OH excluding ortho intramolecular Hbond substituents is 1. The van der Waals surface area contributed by atoms with Gasteiger partial charge in [-0.05, 0) is 74.8 Å². The molecule has 3 aliphatic carbocycles. The molecule has 2 aromatic carbocycles. The van der Waals surface area contributed by atoms with Crippen molar-refractivity contribution >= 4 is 17.5 Å². The van der Waals surface area contributed by atoms with Crippen LogP contribution in [0.5, 0.6) is 11.5 Å².